The molecule has 0 aromatic carbocycles. The Kier molecular flexibility index (Phi) is 14.8. The number of aliphatic hydroxyl groups is 1. The minimum atomic E-state index is -0.622. The predicted octanol–water partition coefficient (Wildman–Crippen LogP) is 6.89. The van der Waals surface area contributed by atoms with Crippen molar-refractivity contribution in [1.82, 2.24) is 0 Å². The lowest BCUT2D eigenvalue weighted by Crippen LogP contribution is -2.23. The highest BCUT2D eigenvalue weighted by molar-refractivity contribution is 5.88. The summed E-state index contributed by atoms with van der Waals surface area (Å²) in [6.07, 6.45) is 21.6. The number of hydrogen-bond acceptors (Lipinski definition) is 6. The van der Waals surface area contributed by atoms with Crippen LogP contribution < -0.4 is 0 Å². The van der Waals surface area contributed by atoms with Gasteiger partial charge in [0.15, 0.2) is 0 Å². The molecule has 0 radical (unpaired) electrons. The van der Waals surface area contributed by atoms with Gasteiger partial charge in [0.1, 0.15) is 0 Å². The van der Waals surface area contributed by atoms with E-state index in [9.17, 15) is 9.59 Å². The standard InChI is InChI=1S/C33H52O6/c1-6-7-8-18-33(4)19-16-30(17-20-33)29-14-12-27(13-15-29)10-9-11-28(23-38-31(35)25(2)21-34)24-39-32(36)26(3)22-37-5/h16-17,19,27-29,34H,2-3,6-15,18,20-24H2,1,4-5H3. The molecule has 2 atom stereocenters. The van der Waals surface area contributed by atoms with Gasteiger partial charge in [-0.25, -0.2) is 9.59 Å². The summed E-state index contributed by atoms with van der Waals surface area (Å²) < 4.78 is 15.7. The van der Waals surface area contributed by atoms with Crippen LogP contribution in [-0.2, 0) is 23.8 Å². The summed E-state index contributed by atoms with van der Waals surface area (Å²) in [5, 5.41) is 9.11. The number of aliphatic hydroxyl groups excluding tert-OH is 1. The van der Waals surface area contributed by atoms with E-state index in [4.69, 9.17) is 19.3 Å². The predicted molar refractivity (Wildman–Crippen MR) is 156 cm³/mol. The number of hydrogen-bond donors (Lipinski definition) is 1. The SMILES string of the molecule is C=C(CO)C(=O)OCC(CCCC1CCC(C2=CCC(C)(CCCCC)C=C2)CC1)COC(=O)C(=C)COC. The lowest BCUT2D eigenvalue weighted by molar-refractivity contribution is -0.144. The summed E-state index contributed by atoms with van der Waals surface area (Å²) in [5.41, 5.74) is 2.14. The maximum Gasteiger partial charge on any atom is 0.335 e. The van der Waals surface area contributed by atoms with Gasteiger partial charge < -0.3 is 19.3 Å². The normalized spacial score (nSPS) is 23.5. The Hall–Kier alpha value is -2.18. The summed E-state index contributed by atoms with van der Waals surface area (Å²) in [6, 6.07) is 0. The van der Waals surface area contributed by atoms with E-state index >= 15 is 0 Å². The van der Waals surface area contributed by atoms with Crippen molar-refractivity contribution in [3.05, 3.63) is 48.1 Å². The smallest absolute Gasteiger partial charge is 0.335 e. The molecular weight excluding hydrogens is 492 g/mol. The third-order valence-corrected chi connectivity index (χ3v) is 8.36. The van der Waals surface area contributed by atoms with Crippen molar-refractivity contribution in [3.63, 3.8) is 0 Å². The van der Waals surface area contributed by atoms with E-state index in [0.717, 1.165) is 19.3 Å². The summed E-state index contributed by atoms with van der Waals surface area (Å²) in [5.74, 6) is 0.140. The van der Waals surface area contributed by atoms with Gasteiger partial charge in [-0.15, -0.1) is 0 Å². The first-order valence-corrected chi connectivity index (χ1v) is 14.9. The molecule has 2 rings (SSSR count). The van der Waals surface area contributed by atoms with Crippen molar-refractivity contribution < 1.29 is 28.9 Å². The molecule has 2 aliphatic rings. The van der Waals surface area contributed by atoms with Crippen molar-refractivity contribution in [2.75, 3.05) is 33.5 Å². The molecule has 1 fully saturated rings. The van der Waals surface area contributed by atoms with Crippen LogP contribution in [0.5, 0.6) is 0 Å². The van der Waals surface area contributed by atoms with E-state index in [-0.39, 0.29) is 36.9 Å². The average molecular weight is 545 g/mol. The van der Waals surface area contributed by atoms with Crippen molar-refractivity contribution in [2.24, 2.45) is 23.2 Å². The van der Waals surface area contributed by atoms with Gasteiger partial charge in [-0.1, -0.05) is 77.3 Å². The number of allylic oxidation sites excluding steroid dienone is 4. The number of esters is 2. The van der Waals surface area contributed by atoms with E-state index in [0.29, 0.717) is 17.3 Å². The Labute approximate surface area is 236 Å². The Balaban J connectivity index is 1.77. The number of carbonyl (C=O) groups excluding carboxylic acids is 2. The van der Waals surface area contributed by atoms with Crippen LogP contribution in [0.3, 0.4) is 0 Å². The molecule has 0 bridgehead atoms. The molecular formula is C33H52O6. The lowest BCUT2D eigenvalue weighted by atomic mass is 9.72. The Morgan fingerprint density at radius 2 is 1.72 bits per heavy atom. The van der Waals surface area contributed by atoms with Gasteiger partial charge in [-0.2, -0.15) is 0 Å². The highest BCUT2D eigenvalue weighted by atomic mass is 16.5. The molecule has 2 aliphatic carbocycles. The maximum absolute atomic E-state index is 12.1. The second kappa shape index (κ2) is 17.5. The largest absolute Gasteiger partial charge is 0.462 e. The first kappa shape index (κ1) is 33.0. The summed E-state index contributed by atoms with van der Waals surface area (Å²) >= 11 is 0. The fourth-order valence-electron chi connectivity index (χ4n) is 5.63. The summed E-state index contributed by atoms with van der Waals surface area (Å²) in [7, 11) is 1.50. The van der Waals surface area contributed by atoms with Crippen LogP contribution in [0, 0.1) is 23.2 Å². The van der Waals surface area contributed by atoms with E-state index in [2.05, 4.69) is 45.2 Å². The summed E-state index contributed by atoms with van der Waals surface area (Å²) in [4.78, 5) is 24.1. The van der Waals surface area contributed by atoms with Gasteiger partial charge in [-0.05, 0) is 67.8 Å². The Morgan fingerprint density at radius 3 is 2.28 bits per heavy atom. The van der Waals surface area contributed by atoms with E-state index in [1.165, 1.54) is 64.9 Å². The monoisotopic (exact) mass is 544 g/mol. The lowest BCUT2D eigenvalue weighted by Gasteiger charge is -2.33. The molecule has 0 heterocycles. The highest BCUT2D eigenvalue weighted by Gasteiger charge is 2.27. The second-order valence-electron chi connectivity index (χ2n) is 11.9. The number of carbonyl (C=O) groups is 2. The molecule has 220 valence electrons. The molecule has 0 aromatic rings. The van der Waals surface area contributed by atoms with Crippen molar-refractivity contribution in [3.8, 4) is 0 Å². The van der Waals surface area contributed by atoms with Crippen LogP contribution in [0.4, 0.5) is 0 Å². The number of methoxy groups -OCH3 is 1. The quantitative estimate of drug-likeness (QED) is 0.115. The molecule has 0 saturated heterocycles. The minimum absolute atomic E-state index is 0.0139. The van der Waals surface area contributed by atoms with Crippen LogP contribution in [0.25, 0.3) is 0 Å². The molecule has 1 N–H and O–H groups in total. The maximum atomic E-state index is 12.1. The fourth-order valence-corrected chi connectivity index (χ4v) is 5.63. The van der Waals surface area contributed by atoms with Crippen molar-refractivity contribution in [2.45, 2.75) is 90.9 Å². The Bertz CT molecular complexity index is 863. The molecule has 6 nitrogen and oxygen atoms in total. The van der Waals surface area contributed by atoms with E-state index < -0.39 is 18.5 Å². The highest BCUT2D eigenvalue weighted by Crippen LogP contribution is 2.41. The zero-order valence-electron chi connectivity index (χ0n) is 24.7. The molecule has 6 heteroatoms. The Morgan fingerprint density at radius 1 is 1.05 bits per heavy atom. The van der Waals surface area contributed by atoms with Gasteiger partial charge in [0.25, 0.3) is 0 Å². The number of unbranched alkanes of at least 4 members (excludes halogenated alkanes) is 2. The molecule has 1 saturated carbocycles. The molecule has 0 spiro atoms. The molecule has 0 aliphatic heterocycles. The molecule has 39 heavy (non-hydrogen) atoms. The van der Waals surface area contributed by atoms with E-state index in [1.807, 2.05) is 0 Å². The van der Waals surface area contributed by atoms with Crippen LogP contribution in [0.15, 0.2) is 48.1 Å². The fraction of sp³-hybridized carbons (Fsp3) is 0.697. The van der Waals surface area contributed by atoms with E-state index in [1.54, 1.807) is 5.57 Å². The third-order valence-electron chi connectivity index (χ3n) is 8.36. The minimum Gasteiger partial charge on any atom is -0.462 e. The third kappa shape index (κ3) is 11.8. The van der Waals surface area contributed by atoms with Crippen LogP contribution >= 0.6 is 0 Å². The first-order chi connectivity index (χ1) is 18.7. The van der Waals surface area contributed by atoms with Crippen LogP contribution in [0.1, 0.15) is 90.9 Å². The second-order valence-corrected chi connectivity index (χ2v) is 11.9. The molecule has 2 unspecified atom stereocenters. The topological polar surface area (TPSA) is 82.1 Å². The summed E-state index contributed by atoms with van der Waals surface area (Å²) in [6.45, 7) is 11.8. The number of rotatable bonds is 18. The molecule has 0 aromatic heterocycles. The zero-order chi connectivity index (χ0) is 28.7. The first-order valence-electron chi connectivity index (χ1n) is 14.9. The van der Waals surface area contributed by atoms with Crippen LogP contribution in [-0.4, -0.2) is 50.6 Å². The zero-order valence-corrected chi connectivity index (χ0v) is 24.7. The number of ether oxygens (including phenoxy) is 3. The van der Waals surface area contributed by atoms with Crippen molar-refractivity contribution >= 4 is 11.9 Å². The van der Waals surface area contributed by atoms with Gasteiger partial charge in [0.2, 0.25) is 0 Å². The van der Waals surface area contributed by atoms with Gasteiger partial charge in [-0.3, -0.25) is 0 Å². The van der Waals surface area contributed by atoms with Crippen LogP contribution in [0.2, 0.25) is 0 Å². The van der Waals surface area contributed by atoms with Gasteiger partial charge >= 0.3 is 11.9 Å². The van der Waals surface area contributed by atoms with Crippen molar-refractivity contribution in [1.29, 1.82) is 0 Å². The average Bonchev–Trinajstić information content (AvgIpc) is 2.94. The van der Waals surface area contributed by atoms with Gasteiger partial charge in [0.05, 0.1) is 37.6 Å². The van der Waals surface area contributed by atoms with Gasteiger partial charge in [0, 0.05) is 13.0 Å². The molecule has 0 amide bonds.